The summed E-state index contributed by atoms with van der Waals surface area (Å²) in [7, 11) is 0. The highest BCUT2D eigenvalue weighted by molar-refractivity contribution is 5.96. The van der Waals surface area contributed by atoms with Gasteiger partial charge >= 0.3 is 12.1 Å². The van der Waals surface area contributed by atoms with E-state index in [1.165, 1.54) is 6.33 Å². The van der Waals surface area contributed by atoms with Crippen LogP contribution in [0.15, 0.2) is 6.33 Å². The van der Waals surface area contributed by atoms with E-state index in [9.17, 15) is 14.7 Å². The van der Waals surface area contributed by atoms with Crippen LogP contribution in [-0.4, -0.2) is 32.3 Å². The van der Waals surface area contributed by atoms with Gasteiger partial charge in [-0.3, -0.25) is 5.32 Å². The molecule has 0 atom stereocenters. The number of nitrogens with one attached hydrogen (secondary N) is 1. The fourth-order valence-corrected chi connectivity index (χ4v) is 1.69. The lowest BCUT2D eigenvalue weighted by Gasteiger charge is -2.19. The molecule has 0 spiro atoms. The number of carboxylic acid groups (broad SMARTS) is 1. The van der Waals surface area contributed by atoms with E-state index in [4.69, 9.17) is 4.74 Å². The minimum absolute atomic E-state index is 0.00615. The standard InChI is InChI=1S/C12H17N3O4/c1-12(2,3)19-11(18)14-9-8(10(16)17)15(6-13-9)7-4-5-7/h6-7H,4-5H2,1-3H3,(H,14,18)(H,16,17). The zero-order valence-electron chi connectivity index (χ0n) is 11.1. The smallest absolute Gasteiger partial charge is 0.413 e. The molecule has 1 fully saturated rings. The summed E-state index contributed by atoms with van der Waals surface area (Å²) in [6.45, 7) is 5.19. The van der Waals surface area contributed by atoms with E-state index in [0.717, 1.165) is 12.8 Å². The summed E-state index contributed by atoms with van der Waals surface area (Å²) in [4.78, 5) is 26.8. The lowest BCUT2D eigenvalue weighted by atomic mass is 10.2. The van der Waals surface area contributed by atoms with Gasteiger partial charge in [-0.1, -0.05) is 0 Å². The average molecular weight is 267 g/mol. The third-order valence-corrected chi connectivity index (χ3v) is 2.56. The SMILES string of the molecule is CC(C)(C)OC(=O)Nc1ncn(C2CC2)c1C(=O)O. The Bertz CT molecular complexity index is 512. The van der Waals surface area contributed by atoms with Gasteiger partial charge in [0.2, 0.25) is 0 Å². The summed E-state index contributed by atoms with van der Waals surface area (Å²) in [6, 6.07) is 0.174. The summed E-state index contributed by atoms with van der Waals surface area (Å²) < 4.78 is 6.65. The van der Waals surface area contributed by atoms with Crippen molar-refractivity contribution in [2.75, 3.05) is 5.32 Å². The maximum atomic E-state index is 11.6. The van der Waals surface area contributed by atoms with Gasteiger partial charge in [-0.15, -0.1) is 0 Å². The van der Waals surface area contributed by atoms with Gasteiger partial charge in [0.25, 0.3) is 0 Å². The average Bonchev–Trinajstić information content (AvgIpc) is 2.97. The van der Waals surface area contributed by atoms with Gasteiger partial charge < -0.3 is 14.4 Å². The van der Waals surface area contributed by atoms with Gasteiger partial charge in [0.05, 0.1) is 6.33 Å². The summed E-state index contributed by atoms with van der Waals surface area (Å²) in [5.74, 6) is -1.09. The molecule has 1 aromatic heterocycles. The molecule has 0 saturated heterocycles. The summed E-state index contributed by atoms with van der Waals surface area (Å²) in [5.41, 5.74) is -0.652. The number of aromatic carboxylic acids is 1. The maximum Gasteiger partial charge on any atom is 0.413 e. The lowest BCUT2D eigenvalue weighted by Crippen LogP contribution is -2.28. The molecule has 1 saturated carbocycles. The maximum absolute atomic E-state index is 11.6. The first-order valence-corrected chi connectivity index (χ1v) is 6.08. The predicted octanol–water partition coefficient (Wildman–Crippen LogP) is 2.26. The Morgan fingerprint density at radius 3 is 2.58 bits per heavy atom. The number of imidazole rings is 1. The number of carbonyl (C=O) groups is 2. The van der Waals surface area contributed by atoms with Crippen LogP contribution in [0.5, 0.6) is 0 Å². The third-order valence-electron chi connectivity index (χ3n) is 2.56. The number of carbonyl (C=O) groups excluding carboxylic acids is 1. The molecular formula is C12H17N3O4. The zero-order chi connectivity index (χ0) is 14.2. The van der Waals surface area contributed by atoms with Crippen LogP contribution in [0, 0.1) is 0 Å². The first-order chi connectivity index (χ1) is 8.78. The van der Waals surface area contributed by atoms with Crippen molar-refractivity contribution in [1.29, 1.82) is 0 Å². The number of aromatic nitrogens is 2. The van der Waals surface area contributed by atoms with Crippen LogP contribution in [-0.2, 0) is 4.74 Å². The first kappa shape index (κ1) is 13.4. The number of anilines is 1. The number of ether oxygens (including phenoxy) is 1. The van der Waals surface area contributed by atoms with Gasteiger partial charge in [0.1, 0.15) is 5.60 Å². The van der Waals surface area contributed by atoms with Crippen molar-refractivity contribution in [2.24, 2.45) is 0 Å². The van der Waals surface area contributed by atoms with Crippen molar-refractivity contribution in [1.82, 2.24) is 9.55 Å². The van der Waals surface area contributed by atoms with Crippen molar-refractivity contribution >= 4 is 17.9 Å². The number of hydrogen-bond acceptors (Lipinski definition) is 4. The minimum Gasteiger partial charge on any atom is -0.476 e. The van der Waals surface area contributed by atoms with Gasteiger partial charge in [0, 0.05) is 6.04 Å². The second-order valence-electron chi connectivity index (χ2n) is 5.51. The Kier molecular flexibility index (Phi) is 3.21. The highest BCUT2D eigenvalue weighted by Gasteiger charge is 2.31. The fraction of sp³-hybridized carbons (Fsp3) is 0.583. The lowest BCUT2D eigenvalue weighted by molar-refractivity contribution is 0.0635. The van der Waals surface area contributed by atoms with Crippen LogP contribution in [0.4, 0.5) is 10.6 Å². The van der Waals surface area contributed by atoms with Gasteiger partial charge in [0.15, 0.2) is 11.5 Å². The highest BCUT2D eigenvalue weighted by atomic mass is 16.6. The molecular weight excluding hydrogens is 250 g/mol. The van der Waals surface area contributed by atoms with E-state index in [1.54, 1.807) is 25.3 Å². The Balaban J connectivity index is 2.16. The summed E-state index contributed by atoms with van der Waals surface area (Å²) in [5, 5.41) is 11.6. The molecule has 1 aromatic rings. The Morgan fingerprint density at radius 1 is 1.47 bits per heavy atom. The Hall–Kier alpha value is -2.05. The molecule has 1 heterocycles. The Morgan fingerprint density at radius 2 is 2.11 bits per heavy atom. The van der Waals surface area contributed by atoms with Gasteiger partial charge in [-0.05, 0) is 33.6 Å². The molecule has 0 bridgehead atoms. The molecule has 7 heteroatoms. The number of rotatable bonds is 3. The molecule has 0 aliphatic heterocycles. The molecule has 104 valence electrons. The molecule has 1 amide bonds. The highest BCUT2D eigenvalue weighted by Crippen LogP contribution is 2.37. The van der Waals surface area contributed by atoms with E-state index in [1.807, 2.05) is 0 Å². The molecule has 0 aromatic carbocycles. The van der Waals surface area contributed by atoms with Crippen LogP contribution >= 0.6 is 0 Å². The zero-order valence-corrected chi connectivity index (χ0v) is 11.1. The van der Waals surface area contributed by atoms with Gasteiger partial charge in [-0.2, -0.15) is 0 Å². The van der Waals surface area contributed by atoms with Gasteiger partial charge in [-0.25, -0.2) is 14.6 Å². The second kappa shape index (κ2) is 4.56. The molecule has 0 unspecified atom stereocenters. The van der Waals surface area contributed by atoms with Crippen LogP contribution < -0.4 is 5.32 Å². The van der Waals surface area contributed by atoms with E-state index >= 15 is 0 Å². The van der Waals surface area contributed by atoms with Crippen LogP contribution in [0.2, 0.25) is 0 Å². The van der Waals surface area contributed by atoms with Crippen LogP contribution in [0.25, 0.3) is 0 Å². The predicted molar refractivity (Wildman–Crippen MR) is 67.3 cm³/mol. The van der Waals surface area contributed by atoms with E-state index in [2.05, 4.69) is 10.3 Å². The molecule has 2 rings (SSSR count). The third kappa shape index (κ3) is 3.24. The quantitative estimate of drug-likeness (QED) is 0.876. The molecule has 1 aliphatic carbocycles. The van der Waals surface area contributed by atoms with Crippen molar-refractivity contribution in [3.63, 3.8) is 0 Å². The normalized spacial score (nSPS) is 15.1. The summed E-state index contributed by atoms with van der Waals surface area (Å²) >= 11 is 0. The number of amides is 1. The monoisotopic (exact) mass is 267 g/mol. The second-order valence-corrected chi connectivity index (χ2v) is 5.51. The van der Waals surface area contributed by atoms with E-state index in [0.29, 0.717) is 0 Å². The molecule has 0 radical (unpaired) electrons. The Labute approximate surface area is 110 Å². The van der Waals surface area contributed by atoms with Crippen molar-refractivity contribution in [3.05, 3.63) is 12.0 Å². The minimum atomic E-state index is -1.12. The van der Waals surface area contributed by atoms with E-state index in [-0.39, 0.29) is 17.6 Å². The summed E-state index contributed by atoms with van der Waals surface area (Å²) in [6.07, 6.45) is 2.59. The van der Waals surface area contributed by atoms with E-state index < -0.39 is 17.7 Å². The molecule has 1 aliphatic rings. The number of carboxylic acids is 1. The molecule has 2 N–H and O–H groups in total. The first-order valence-electron chi connectivity index (χ1n) is 6.08. The number of nitrogens with zero attached hydrogens (tertiary/aromatic N) is 2. The topological polar surface area (TPSA) is 93.5 Å². The largest absolute Gasteiger partial charge is 0.476 e. The van der Waals surface area contributed by atoms with Crippen LogP contribution in [0.1, 0.15) is 50.1 Å². The molecule has 19 heavy (non-hydrogen) atoms. The molecule has 7 nitrogen and oxygen atoms in total. The number of hydrogen-bond donors (Lipinski definition) is 2. The fourth-order valence-electron chi connectivity index (χ4n) is 1.69. The van der Waals surface area contributed by atoms with Crippen molar-refractivity contribution < 1.29 is 19.4 Å². The van der Waals surface area contributed by atoms with Crippen LogP contribution in [0.3, 0.4) is 0 Å². The van der Waals surface area contributed by atoms with Crippen molar-refractivity contribution in [3.8, 4) is 0 Å². The van der Waals surface area contributed by atoms with Crippen molar-refractivity contribution in [2.45, 2.75) is 45.3 Å².